The van der Waals surface area contributed by atoms with Gasteiger partial charge in [0.25, 0.3) is 0 Å². The Morgan fingerprint density at radius 1 is 0.667 bits per heavy atom. The molecule has 0 atom stereocenters. The van der Waals surface area contributed by atoms with Gasteiger partial charge in [-0.05, 0) is 23.3 Å². The molecule has 1 N–H and O–H groups in total. The molecule has 0 saturated carbocycles. The van der Waals surface area contributed by atoms with Crippen molar-refractivity contribution >= 4 is 17.5 Å². The highest BCUT2D eigenvalue weighted by atomic mass is 16.2. The maximum absolute atomic E-state index is 12.8. The first-order chi connectivity index (χ1) is 14.7. The molecule has 5 nitrogen and oxygen atoms in total. The van der Waals surface area contributed by atoms with Gasteiger partial charge >= 0.3 is 11.8 Å². The normalized spacial score (nSPS) is 13.9. The number of anilines is 1. The van der Waals surface area contributed by atoms with Crippen molar-refractivity contribution in [2.24, 2.45) is 0 Å². The summed E-state index contributed by atoms with van der Waals surface area (Å²) in [6.45, 7) is 2.48. The fourth-order valence-electron chi connectivity index (χ4n) is 3.79. The molecule has 0 spiro atoms. The van der Waals surface area contributed by atoms with Crippen LogP contribution in [0.2, 0.25) is 0 Å². The SMILES string of the molecule is O=C(NC(c1ccccc1)c1ccccc1)C(=O)N1CCN(c2ccccc2)CC1. The monoisotopic (exact) mass is 399 g/mol. The molecule has 1 heterocycles. The molecule has 1 fully saturated rings. The maximum Gasteiger partial charge on any atom is 0.312 e. The van der Waals surface area contributed by atoms with Gasteiger partial charge < -0.3 is 15.1 Å². The number of piperazine rings is 1. The predicted octanol–water partition coefficient (Wildman–Crippen LogP) is 3.24. The highest BCUT2D eigenvalue weighted by Gasteiger charge is 2.28. The number of nitrogens with one attached hydrogen (secondary N) is 1. The molecule has 0 radical (unpaired) electrons. The lowest BCUT2D eigenvalue weighted by Gasteiger charge is -2.36. The largest absolute Gasteiger partial charge is 0.368 e. The van der Waals surface area contributed by atoms with Crippen LogP contribution in [0.3, 0.4) is 0 Å². The minimum Gasteiger partial charge on any atom is -0.368 e. The Hall–Kier alpha value is -3.60. The molecule has 152 valence electrons. The van der Waals surface area contributed by atoms with Crippen molar-refractivity contribution in [2.45, 2.75) is 6.04 Å². The Morgan fingerprint density at radius 2 is 1.13 bits per heavy atom. The van der Waals surface area contributed by atoms with Crippen LogP contribution in [0.1, 0.15) is 17.2 Å². The first-order valence-corrected chi connectivity index (χ1v) is 10.2. The molecule has 1 saturated heterocycles. The zero-order valence-electron chi connectivity index (χ0n) is 16.8. The topological polar surface area (TPSA) is 52.7 Å². The number of hydrogen-bond donors (Lipinski definition) is 1. The van der Waals surface area contributed by atoms with E-state index in [1.54, 1.807) is 4.90 Å². The lowest BCUT2D eigenvalue weighted by atomic mass is 9.98. The van der Waals surface area contributed by atoms with Crippen LogP contribution in [0, 0.1) is 0 Å². The van der Waals surface area contributed by atoms with E-state index in [0.29, 0.717) is 26.2 Å². The Kier molecular flexibility index (Phi) is 6.09. The summed E-state index contributed by atoms with van der Waals surface area (Å²) in [5.74, 6) is -1.04. The Morgan fingerprint density at radius 3 is 1.63 bits per heavy atom. The molecular formula is C25H25N3O2. The van der Waals surface area contributed by atoms with Gasteiger partial charge in [0.15, 0.2) is 0 Å². The minimum atomic E-state index is -0.569. The van der Waals surface area contributed by atoms with E-state index in [1.807, 2.05) is 78.9 Å². The molecule has 1 aliphatic heterocycles. The Labute approximate surface area is 176 Å². The molecule has 5 heteroatoms. The molecule has 30 heavy (non-hydrogen) atoms. The van der Waals surface area contributed by atoms with Gasteiger partial charge in [-0.1, -0.05) is 78.9 Å². The summed E-state index contributed by atoms with van der Waals surface area (Å²) in [5, 5.41) is 2.95. The van der Waals surface area contributed by atoms with Crippen LogP contribution in [-0.2, 0) is 9.59 Å². The van der Waals surface area contributed by atoms with Crippen LogP contribution in [0.25, 0.3) is 0 Å². The zero-order valence-corrected chi connectivity index (χ0v) is 16.8. The van der Waals surface area contributed by atoms with Crippen LogP contribution < -0.4 is 10.2 Å². The number of nitrogens with zero attached hydrogens (tertiary/aromatic N) is 2. The van der Waals surface area contributed by atoms with E-state index in [4.69, 9.17) is 0 Å². The quantitative estimate of drug-likeness (QED) is 0.686. The molecular weight excluding hydrogens is 374 g/mol. The van der Waals surface area contributed by atoms with Gasteiger partial charge in [0.05, 0.1) is 6.04 Å². The molecule has 1 aliphatic rings. The number of rotatable bonds is 4. The number of para-hydroxylation sites is 1. The first kappa shape index (κ1) is 19.7. The summed E-state index contributed by atoms with van der Waals surface area (Å²) >= 11 is 0. The van der Waals surface area contributed by atoms with Crippen molar-refractivity contribution in [1.29, 1.82) is 0 Å². The first-order valence-electron chi connectivity index (χ1n) is 10.2. The van der Waals surface area contributed by atoms with Crippen LogP contribution in [0.15, 0.2) is 91.0 Å². The number of carbonyl (C=O) groups excluding carboxylic acids is 2. The average Bonchev–Trinajstić information content (AvgIpc) is 2.83. The predicted molar refractivity (Wildman–Crippen MR) is 118 cm³/mol. The van der Waals surface area contributed by atoms with Crippen LogP contribution >= 0.6 is 0 Å². The van der Waals surface area contributed by atoms with Crippen molar-refractivity contribution in [3.8, 4) is 0 Å². The van der Waals surface area contributed by atoms with Crippen molar-refractivity contribution in [3.63, 3.8) is 0 Å². The summed E-state index contributed by atoms with van der Waals surface area (Å²) in [5.41, 5.74) is 3.03. The Balaban J connectivity index is 1.42. The fourth-order valence-corrected chi connectivity index (χ4v) is 3.79. The molecule has 2 amide bonds. The fraction of sp³-hybridized carbons (Fsp3) is 0.200. The van der Waals surface area contributed by atoms with Crippen molar-refractivity contribution in [3.05, 3.63) is 102 Å². The van der Waals surface area contributed by atoms with Gasteiger partial charge in [0, 0.05) is 31.9 Å². The van der Waals surface area contributed by atoms with E-state index < -0.39 is 11.8 Å². The van der Waals surface area contributed by atoms with Gasteiger partial charge in [-0.15, -0.1) is 0 Å². The highest BCUT2D eigenvalue weighted by Crippen LogP contribution is 2.22. The Bertz CT molecular complexity index is 930. The average molecular weight is 399 g/mol. The summed E-state index contributed by atoms with van der Waals surface area (Å²) in [6.07, 6.45) is 0. The smallest absolute Gasteiger partial charge is 0.312 e. The van der Waals surface area contributed by atoms with Gasteiger partial charge in [-0.25, -0.2) is 0 Å². The molecule has 0 aliphatic carbocycles. The summed E-state index contributed by atoms with van der Waals surface area (Å²) < 4.78 is 0. The number of amides is 2. The maximum atomic E-state index is 12.8. The molecule has 0 aromatic heterocycles. The third-order valence-corrected chi connectivity index (χ3v) is 5.42. The molecule has 0 unspecified atom stereocenters. The molecule has 3 aromatic rings. The van der Waals surface area contributed by atoms with Crippen molar-refractivity contribution in [2.75, 3.05) is 31.1 Å². The molecule has 3 aromatic carbocycles. The van der Waals surface area contributed by atoms with Crippen LogP contribution in [0.5, 0.6) is 0 Å². The zero-order chi connectivity index (χ0) is 20.8. The van der Waals surface area contributed by atoms with Gasteiger partial charge in [-0.2, -0.15) is 0 Å². The van der Waals surface area contributed by atoms with Crippen LogP contribution in [-0.4, -0.2) is 42.9 Å². The third-order valence-electron chi connectivity index (χ3n) is 5.42. The van der Waals surface area contributed by atoms with E-state index in [1.165, 1.54) is 0 Å². The van der Waals surface area contributed by atoms with E-state index >= 15 is 0 Å². The molecule has 4 rings (SSSR count). The van der Waals surface area contributed by atoms with E-state index in [0.717, 1.165) is 16.8 Å². The van der Waals surface area contributed by atoms with Crippen molar-refractivity contribution in [1.82, 2.24) is 10.2 Å². The summed E-state index contributed by atoms with van der Waals surface area (Å²) in [4.78, 5) is 29.5. The van der Waals surface area contributed by atoms with E-state index in [-0.39, 0.29) is 6.04 Å². The number of hydrogen-bond acceptors (Lipinski definition) is 3. The second kappa shape index (κ2) is 9.27. The van der Waals surface area contributed by atoms with Crippen molar-refractivity contribution < 1.29 is 9.59 Å². The van der Waals surface area contributed by atoms with E-state index in [2.05, 4.69) is 22.3 Å². The lowest BCUT2D eigenvalue weighted by Crippen LogP contribution is -2.53. The standard InChI is InChI=1S/C25H25N3O2/c29-24(25(30)28-18-16-27(17-19-28)22-14-8-3-9-15-22)26-23(20-10-4-1-5-11-20)21-12-6-2-7-13-21/h1-15,23H,16-19H2,(H,26,29). The van der Waals surface area contributed by atoms with Gasteiger partial charge in [0.2, 0.25) is 0 Å². The minimum absolute atomic E-state index is 0.366. The van der Waals surface area contributed by atoms with E-state index in [9.17, 15) is 9.59 Å². The van der Waals surface area contributed by atoms with Gasteiger partial charge in [0.1, 0.15) is 0 Å². The third kappa shape index (κ3) is 4.51. The second-order valence-corrected chi connectivity index (χ2v) is 7.34. The highest BCUT2D eigenvalue weighted by molar-refractivity contribution is 6.35. The number of benzene rings is 3. The second-order valence-electron chi connectivity index (χ2n) is 7.34. The van der Waals surface area contributed by atoms with Gasteiger partial charge in [-0.3, -0.25) is 9.59 Å². The molecule has 0 bridgehead atoms. The summed E-state index contributed by atoms with van der Waals surface area (Å²) in [6, 6.07) is 29.2. The van der Waals surface area contributed by atoms with Crippen LogP contribution in [0.4, 0.5) is 5.69 Å². The summed E-state index contributed by atoms with van der Waals surface area (Å²) in [7, 11) is 0. The lowest BCUT2D eigenvalue weighted by molar-refractivity contribution is -0.146. The number of carbonyl (C=O) groups is 2.